The normalized spacial score (nSPS) is 14.7. The van der Waals surface area contributed by atoms with E-state index >= 15 is 0 Å². The lowest BCUT2D eigenvalue weighted by atomic mass is 10.1. The highest BCUT2D eigenvalue weighted by atomic mass is 19.4. The molecule has 5 rings (SSSR count). The van der Waals surface area contributed by atoms with Crippen LogP contribution in [-0.4, -0.2) is 87.1 Å². The maximum absolute atomic E-state index is 13.2. The Kier molecular flexibility index (Phi) is 7.12. The van der Waals surface area contributed by atoms with Crippen LogP contribution < -0.4 is 20.4 Å². The molecular formula is C24H25F3N8O4. The molecule has 12 nitrogen and oxygen atoms in total. The molecule has 0 atom stereocenters. The van der Waals surface area contributed by atoms with E-state index in [0.29, 0.717) is 40.6 Å². The maximum atomic E-state index is 13.2. The lowest BCUT2D eigenvalue weighted by molar-refractivity contribution is -0.274. The number of benzene rings is 2. The van der Waals surface area contributed by atoms with Crippen LogP contribution in [0.3, 0.4) is 0 Å². The Hall–Kier alpha value is -4.21. The fourth-order valence-electron chi connectivity index (χ4n) is 4.51. The number of carbonyl (C=O) groups excluding carboxylic acids is 1. The number of hydroxylamine groups is 1. The van der Waals surface area contributed by atoms with Crippen molar-refractivity contribution in [1.82, 2.24) is 30.1 Å². The molecule has 1 fully saturated rings. The first-order valence-corrected chi connectivity index (χ1v) is 12.0. The average Bonchev–Trinajstić information content (AvgIpc) is 3.28. The number of nitrogens with zero attached hydrogens (tertiary/aromatic N) is 6. The number of aliphatic hydroxyl groups is 1. The van der Waals surface area contributed by atoms with Crippen molar-refractivity contribution in [2.45, 2.75) is 12.9 Å². The smallest absolute Gasteiger partial charge is 0.404 e. The second-order valence-electron chi connectivity index (χ2n) is 8.97. The summed E-state index contributed by atoms with van der Waals surface area (Å²) in [6.45, 7) is 2.77. The van der Waals surface area contributed by atoms with Crippen molar-refractivity contribution in [3.05, 3.63) is 42.2 Å². The highest BCUT2D eigenvalue weighted by Crippen LogP contribution is 2.36. The minimum atomic E-state index is -4.91. The van der Waals surface area contributed by atoms with Crippen molar-refractivity contribution >= 4 is 45.0 Å². The lowest BCUT2D eigenvalue weighted by Crippen LogP contribution is -2.44. The Morgan fingerprint density at radius 2 is 1.92 bits per heavy atom. The molecule has 206 valence electrons. The number of likely N-dealkylation sites (N-methyl/N-ethyl adjacent to an activating group) is 1. The Morgan fingerprint density at radius 1 is 1.15 bits per heavy atom. The first-order chi connectivity index (χ1) is 18.7. The molecule has 0 spiro atoms. The van der Waals surface area contributed by atoms with Gasteiger partial charge in [0.05, 0.1) is 24.4 Å². The first kappa shape index (κ1) is 26.4. The van der Waals surface area contributed by atoms with Crippen molar-refractivity contribution in [3.63, 3.8) is 0 Å². The average molecular weight is 547 g/mol. The van der Waals surface area contributed by atoms with E-state index in [-0.39, 0.29) is 30.5 Å². The van der Waals surface area contributed by atoms with Gasteiger partial charge in [0.15, 0.2) is 11.4 Å². The summed E-state index contributed by atoms with van der Waals surface area (Å²) < 4.78 is 45.2. The van der Waals surface area contributed by atoms with Gasteiger partial charge in [-0.2, -0.15) is 5.10 Å². The third-order valence-corrected chi connectivity index (χ3v) is 6.39. The predicted molar refractivity (Wildman–Crippen MR) is 135 cm³/mol. The van der Waals surface area contributed by atoms with E-state index in [1.54, 1.807) is 29.7 Å². The van der Waals surface area contributed by atoms with Crippen molar-refractivity contribution in [3.8, 4) is 5.75 Å². The molecule has 4 N–H and O–H groups in total. The van der Waals surface area contributed by atoms with Crippen LogP contribution in [0.15, 0.2) is 36.5 Å². The number of anilines is 3. The molecule has 2 aromatic heterocycles. The molecule has 39 heavy (non-hydrogen) atoms. The molecule has 15 heteroatoms. The number of hydrogen-bond donors (Lipinski definition) is 4. The molecule has 0 radical (unpaired) electrons. The van der Waals surface area contributed by atoms with Crippen molar-refractivity contribution in [2.75, 3.05) is 50.1 Å². The number of aliphatic hydroxyl groups excluding tert-OH is 1. The largest absolute Gasteiger partial charge is 0.573 e. The van der Waals surface area contributed by atoms with E-state index in [0.717, 1.165) is 13.1 Å². The molecule has 2 aromatic carbocycles. The Balaban J connectivity index is 1.58. The number of nitrogens with one attached hydrogen (secondary N) is 2. The molecule has 1 amide bonds. The Bertz CT molecular complexity index is 1520. The van der Waals surface area contributed by atoms with E-state index in [1.807, 2.05) is 7.05 Å². The van der Waals surface area contributed by atoms with Gasteiger partial charge in [-0.3, -0.25) is 14.7 Å². The van der Waals surface area contributed by atoms with Crippen LogP contribution in [0.2, 0.25) is 0 Å². The van der Waals surface area contributed by atoms with Gasteiger partial charge in [-0.25, -0.2) is 15.4 Å². The van der Waals surface area contributed by atoms with Gasteiger partial charge >= 0.3 is 6.36 Å². The molecule has 0 saturated carbocycles. The monoisotopic (exact) mass is 546 g/mol. The summed E-state index contributed by atoms with van der Waals surface area (Å²) in [6.07, 6.45) is -3.44. The van der Waals surface area contributed by atoms with Crippen LogP contribution in [-0.2, 0) is 6.54 Å². The van der Waals surface area contributed by atoms with Crippen LogP contribution in [0.4, 0.5) is 30.5 Å². The first-order valence-electron chi connectivity index (χ1n) is 12.0. The van der Waals surface area contributed by atoms with Crippen molar-refractivity contribution < 1.29 is 33.0 Å². The van der Waals surface area contributed by atoms with Gasteiger partial charge in [0, 0.05) is 48.8 Å². The summed E-state index contributed by atoms with van der Waals surface area (Å²) in [7, 11) is 2.00. The molecular weight excluding hydrogens is 521 g/mol. The van der Waals surface area contributed by atoms with Crippen LogP contribution >= 0.6 is 0 Å². The molecule has 0 aliphatic carbocycles. The minimum absolute atomic E-state index is 0.0134. The van der Waals surface area contributed by atoms with Crippen LogP contribution in [0, 0.1) is 0 Å². The van der Waals surface area contributed by atoms with Gasteiger partial charge in [-0.05, 0) is 31.3 Å². The Morgan fingerprint density at radius 3 is 2.62 bits per heavy atom. The summed E-state index contributed by atoms with van der Waals surface area (Å²) in [5, 5.41) is 26.6. The van der Waals surface area contributed by atoms with Crippen LogP contribution in [0.5, 0.6) is 5.75 Å². The van der Waals surface area contributed by atoms with E-state index in [1.165, 1.54) is 16.9 Å². The highest BCUT2D eigenvalue weighted by Gasteiger charge is 2.32. The zero-order valence-corrected chi connectivity index (χ0v) is 20.7. The summed E-state index contributed by atoms with van der Waals surface area (Å²) in [5.41, 5.74) is 2.89. The molecule has 3 heterocycles. The summed E-state index contributed by atoms with van der Waals surface area (Å²) in [4.78, 5) is 25.2. The summed E-state index contributed by atoms with van der Waals surface area (Å²) in [5.74, 6) is -1.32. The summed E-state index contributed by atoms with van der Waals surface area (Å²) >= 11 is 0. The van der Waals surface area contributed by atoms with Crippen molar-refractivity contribution in [1.29, 1.82) is 0 Å². The standard InChI is InChI=1S/C24H25F3N8O4/c1-33-6-8-34(9-7-33)15-3-5-18(39-24(25,26)27)17(12-15)29-23-28-13-14-2-4-16-20(22(37)32-38)31-35(10-11-36)21(16)19(14)30-23/h2-5,12-13,36,38H,6-11H2,1H3,(H,32,37)(H,28,29,30). The molecule has 1 saturated heterocycles. The van der Waals surface area contributed by atoms with E-state index < -0.39 is 18.0 Å². The van der Waals surface area contributed by atoms with Crippen molar-refractivity contribution in [2.24, 2.45) is 0 Å². The lowest BCUT2D eigenvalue weighted by Gasteiger charge is -2.34. The molecule has 1 aliphatic heterocycles. The SMILES string of the molecule is CN1CCN(c2ccc(OC(F)(F)F)c(Nc3ncc4ccc5c(C(=O)NO)nn(CCO)c5c4n3)c2)CC1. The number of carbonyl (C=O) groups is 1. The van der Waals surface area contributed by atoms with Gasteiger partial charge < -0.3 is 25.0 Å². The van der Waals surface area contributed by atoms with E-state index in [4.69, 9.17) is 5.21 Å². The van der Waals surface area contributed by atoms with Gasteiger partial charge in [-0.15, -0.1) is 13.2 Å². The minimum Gasteiger partial charge on any atom is -0.404 e. The third-order valence-electron chi connectivity index (χ3n) is 6.39. The van der Waals surface area contributed by atoms with Gasteiger partial charge in [-0.1, -0.05) is 6.07 Å². The molecule has 1 aliphatic rings. The zero-order chi connectivity index (χ0) is 27.7. The number of amides is 1. The van der Waals surface area contributed by atoms with Gasteiger partial charge in [0.25, 0.3) is 5.91 Å². The quantitative estimate of drug-likeness (QED) is 0.202. The zero-order valence-electron chi connectivity index (χ0n) is 20.7. The Labute approximate surface area is 219 Å². The number of rotatable bonds is 7. The second kappa shape index (κ2) is 10.5. The van der Waals surface area contributed by atoms with Gasteiger partial charge in [0.1, 0.15) is 5.52 Å². The third kappa shape index (κ3) is 5.50. The number of fused-ring (bicyclic) bond motifs is 3. The number of aromatic nitrogens is 4. The van der Waals surface area contributed by atoms with Gasteiger partial charge in [0.2, 0.25) is 5.95 Å². The fraction of sp³-hybridized carbons (Fsp3) is 0.333. The predicted octanol–water partition coefficient (Wildman–Crippen LogP) is 2.48. The maximum Gasteiger partial charge on any atom is 0.573 e. The topological polar surface area (TPSA) is 141 Å². The molecule has 0 bridgehead atoms. The number of alkyl halides is 3. The number of halogens is 3. The summed E-state index contributed by atoms with van der Waals surface area (Å²) in [6, 6.07) is 7.63. The van der Waals surface area contributed by atoms with E-state index in [2.05, 4.69) is 34.9 Å². The number of hydrogen-bond acceptors (Lipinski definition) is 10. The highest BCUT2D eigenvalue weighted by molar-refractivity contribution is 6.11. The molecule has 4 aromatic rings. The fourth-order valence-corrected chi connectivity index (χ4v) is 4.51. The number of piperazine rings is 1. The molecule has 0 unspecified atom stereocenters. The van der Waals surface area contributed by atoms with E-state index in [9.17, 15) is 23.1 Å². The number of ether oxygens (including phenoxy) is 1. The van der Waals surface area contributed by atoms with Crippen LogP contribution in [0.1, 0.15) is 10.5 Å². The second-order valence-corrected chi connectivity index (χ2v) is 8.97. The van der Waals surface area contributed by atoms with Crippen LogP contribution in [0.25, 0.3) is 21.8 Å².